The number of halogens is 4. The minimum absolute atomic E-state index is 0.000893. The maximum atomic E-state index is 14.0. The van der Waals surface area contributed by atoms with Gasteiger partial charge in [-0.3, -0.25) is 9.59 Å². The van der Waals surface area contributed by atoms with E-state index in [4.69, 9.17) is 51.1 Å². The van der Waals surface area contributed by atoms with Gasteiger partial charge in [0.15, 0.2) is 5.82 Å². The lowest BCUT2D eigenvalue weighted by molar-refractivity contribution is 0.0527. The molecule has 0 aliphatic heterocycles. The van der Waals surface area contributed by atoms with Crippen LogP contribution < -0.4 is 4.90 Å². The minimum atomic E-state index is -0.846. The molecule has 7 nitrogen and oxygen atoms in total. The molecule has 0 unspecified atom stereocenters. The van der Waals surface area contributed by atoms with Crippen LogP contribution in [-0.2, 0) is 4.74 Å². The number of benzene rings is 3. The van der Waals surface area contributed by atoms with Crippen LogP contribution in [0.3, 0.4) is 0 Å². The maximum Gasteiger partial charge on any atom is 0.343 e. The molecular weight excluding hydrogens is 560 g/mol. The zero-order chi connectivity index (χ0) is 26.7. The number of para-hydroxylation sites is 1. The fourth-order valence-electron chi connectivity index (χ4n) is 3.52. The monoisotopic (exact) mass is 575 g/mol. The molecule has 4 rings (SSSR count). The Bertz CT molecular complexity index is 1440. The van der Waals surface area contributed by atoms with Gasteiger partial charge in [-0.15, -0.1) is 0 Å². The predicted octanol–water partition coefficient (Wildman–Crippen LogP) is 7.15. The molecule has 11 heteroatoms. The van der Waals surface area contributed by atoms with Crippen LogP contribution in [0.5, 0.6) is 0 Å². The Labute approximate surface area is 232 Å². The Balaban J connectivity index is 2.01. The Morgan fingerprint density at radius 2 is 1.35 bits per heavy atom. The first-order valence-corrected chi connectivity index (χ1v) is 12.3. The molecule has 4 aromatic rings. The lowest BCUT2D eigenvalue weighted by Gasteiger charge is -2.24. The number of ether oxygens (including phenoxy) is 1. The summed E-state index contributed by atoms with van der Waals surface area (Å²) in [6.07, 6.45) is 1.22. The van der Waals surface area contributed by atoms with E-state index in [-0.39, 0.29) is 39.2 Å². The molecule has 1 heterocycles. The van der Waals surface area contributed by atoms with Crippen LogP contribution in [-0.4, -0.2) is 34.2 Å². The largest absolute Gasteiger partial charge is 0.462 e. The molecule has 0 saturated heterocycles. The predicted molar refractivity (Wildman–Crippen MR) is 144 cm³/mol. The summed E-state index contributed by atoms with van der Waals surface area (Å²) in [5.74, 6) is -2.63. The van der Waals surface area contributed by atoms with Gasteiger partial charge < -0.3 is 4.74 Å². The number of esters is 1. The van der Waals surface area contributed by atoms with E-state index < -0.39 is 17.8 Å². The number of carbonyl (C=O) groups excluding carboxylic acids is 3. The van der Waals surface area contributed by atoms with Crippen LogP contribution in [0.2, 0.25) is 20.1 Å². The van der Waals surface area contributed by atoms with Gasteiger partial charge in [-0.1, -0.05) is 64.6 Å². The molecule has 3 aromatic carbocycles. The molecule has 0 N–H and O–H groups in total. The number of rotatable bonds is 6. The highest BCUT2D eigenvalue weighted by atomic mass is 35.5. The second-order valence-electron chi connectivity index (χ2n) is 7.54. The summed E-state index contributed by atoms with van der Waals surface area (Å²) in [7, 11) is 0. The molecular formula is C26H17Cl4N3O4. The molecule has 0 radical (unpaired) electrons. The highest BCUT2D eigenvalue weighted by Crippen LogP contribution is 2.32. The van der Waals surface area contributed by atoms with Gasteiger partial charge in [0.1, 0.15) is 5.56 Å². The third kappa shape index (κ3) is 5.50. The van der Waals surface area contributed by atoms with Crippen molar-refractivity contribution in [2.75, 3.05) is 11.5 Å². The van der Waals surface area contributed by atoms with E-state index in [0.717, 1.165) is 4.90 Å². The van der Waals surface area contributed by atoms with Crippen molar-refractivity contribution >= 4 is 70.0 Å². The Hall–Kier alpha value is -3.36. The van der Waals surface area contributed by atoms with Crippen molar-refractivity contribution in [1.82, 2.24) is 9.78 Å². The fraction of sp³-hybridized carbons (Fsp3) is 0.0769. The van der Waals surface area contributed by atoms with Gasteiger partial charge in [-0.2, -0.15) is 5.10 Å². The summed E-state index contributed by atoms with van der Waals surface area (Å²) in [6.45, 7) is 1.69. The highest BCUT2D eigenvalue weighted by molar-refractivity contribution is 6.41. The number of imide groups is 1. The second-order valence-corrected chi connectivity index (χ2v) is 9.23. The van der Waals surface area contributed by atoms with Crippen molar-refractivity contribution in [2.24, 2.45) is 0 Å². The van der Waals surface area contributed by atoms with Crippen LogP contribution >= 0.6 is 46.4 Å². The topological polar surface area (TPSA) is 81.5 Å². The number of nitrogens with zero attached hydrogens (tertiary/aromatic N) is 3. The molecule has 0 aliphatic carbocycles. The molecule has 0 bridgehead atoms. The fourth-order valence-corrected chi connectivity index (χ4v) is 4.50. The number of carbonyl (C=O) groups is 3. The lowest BCUT2D eigenvalue weighted by Crippen LogP contribution is -2.40. The van der Waals surface area contributed by atoms with Gasteiger partial charge in [-0.05, 0) is 55.5 Å². The van der Waals surface area contributed by atoms with Gasteiger partial charge in [0, 0.05) is 10.0 Å². The summed E-state index contributed by atoms with van der Waals surface area (Å²) in [6, 6.07) is 17.1. The first-order chi connectivity index (χ1) is 17.7. The maximum absolute atomic E-state index is 14.0. The molecule has 2 amide bonds. The zero-order valence-corrected chi connectivity index (χ0v) is 22.1. The number of anilines is 1. The van der Waals surface area contributed by atoms with Crippen molar-refractivity contribution in [3.05, 3.63) is 110 Å². The first-order valence-electron chi connectivity index (χ1n) is 10.8. The highest BCUT2D eigenvalue weighted by Gasteiger charge is 2.36. The zero-order valence-electron chi connectivity index (χ0n) is 19.1. The Morgan fingerprint density at radius 1 is 0.811 bits per heavy atom. The van der Waals surface area contributed by atoms with Crippen LogP contribution in [0.25, 0.3) is 5.69 Å². The summed E-state index contributed by atoms with van der Waals surface area (Å²) in [4.78, 5) is 41.7. The first kappa shape index (κ1) is 26.7. The van der Waals surface area contributed by atoms with E-state index in [2.05, 4.69) is 5.10 Å². The van der Waals surface area contributed by atoms with Crippen molar-refractivity contribution in [1.29, 1.82) is 0 Å². The van der Waals surface area contributed by atoms with Gasteiger partial charge in [-0.25, -0.2) is 14.4 Å². The minimum Gasteiger partial charge on any atom is -0.462 e. The van der Waals surface area contributed by atoms with E-state index >= 15 is 0 Å². The van der Waals surface area contributed by atoms with Crippen molar-refractivity contribution in [3.63, 3.8) is 0 Å². The molecule has 0 saturated carbocycles. The molecule has 0 aliphatic rings. The summed E-state index contributed by atoms with van der Waals surface area (Å²) < 4.78 is 6.48. The molecule has 37 heavy (non-hydrogen) atoms. The number of hydrogen-bond donors (Lipinski definition) is 0. The van der Waals surface area contributed by atoms with Crippen LogP contribution in [0.15, 0.2) is 72.9 Å². The third-order valence-corrected chi connectivity index (χ3v) is 6.28. The lowest BCUT2D eigenvalue weighted by atomic mass is 10.1. The van der Waals surface area contributed by atoms with E-state index in [9.17, 15) is 14.4 Å². The number of amides is 2. The standard InChI is InChI=1S/C26H17Cl4N3O4/c1-2-37-26(36)20-14-31-33(17-6-4-3-5-7-17)23(20)32(24(34)18-10-8-15(27)12-21(18)29)25(35)19-11-9-16(28)13-22(19)30/h3-14H,2H2,1H3. The molecule has 1 aromatic heterocycles. The normalized spacial score (nSPS) is 10.7. The molecule has 188 valence electrons. The summed E-state index contributed by atoms with van der Waals surface area (Å²) in [5, 5.41) is 4.89. The second kappa shape index (κ2) is 11.4. The molecule has 0 spiro atoms. The number of aromatic nitrogens is 2. The Morgan fingerprint density at radius 3 is 1.84 bits per heavy atom. The van der Waals surface area contributed by atoms with Crippen LogP contribution in [0, 0.1) is 0 Å². The summed E-state index contributed by atoms with van der Waals surface area (Å²) in [5.41, 5.74) is 0.269. The smallest absolute Gasteiger partial charge is 0.343 e. The SMILES string of the molecule is CCOC(=O)c1cnn(-c2ccccc2)c1N(C(=O)c1ccc(Cl)cc1Cl)C(=O)c1ccc(Cl)cc1Cl. The molecule has 0 atom stereocenters. The van der Waals surface area contributed by atoms with Crippen molar-refractivity contribution < 1.29 is 19.1 Å². The van der Waals surface area contributed by atoms with Gasteiger partial charge in [0.05, 0.1) is 39.7 Å². The van der Waals surface area contributed by atoms with Gasteiger partial charge >= 0.3 is 5.97 Å². The molecule has 0 fully saturated rings. The summed E-state index contributed by atoms with van der Waals surface area (Å²) >= 11 is 24.7. The Kier molecular flexibility index (Phi) is 8.19. The van der Waals surface area contributed by atoms with Gasteiger partial charge in [0.2, 0.25) is 0 Å². The van der Waals surface area contributed by atoms with Crippen molar-refractivity contribution in [2.45, 2.75) is 6.92 Å². The van der Waals surface area contributed by atoms with Crippen LogP contribution in [0.4, 0.5) is 5.82 Å². The van der Waals surface area contributed by atoms with Crippen LogP contribution in [0.1, 0.15) is 38.0 Å². The van der Waals surface area contributed by atoms with E-state index in [1.165, 1.54) is 47.3 Å². The average molecular weight is 577 g/mol. The van der Waals surface area contributed by atoms with E-state index in [1.807, 2.05) is 0 Å². The van der Waals surface area contributed by atoms with E-state index in [1.54, 1.807) is 37.3 Å². The van der Waals surface area contributed by atoms with Crippen molar-refractivity contribution in [3.8, 4) is 5.69 Å². The van der Waals surface area contributed by atoms with E-state index in [0.29, 0.717) is 15.7 Å². The average Bonchev–Trinajstić information content (AvgIpc) is 3.29. The number of hydrogen-bond acceptors (Lipinski definition) is 5. The quantitative estimate of drug-likeness (QED) is 0.180. The third-order valence-electron chi connectivity index (χ3n) is 5.18. The van der Waals surface area contributed by atoms with Gasteiger partial charge in [0.25, 0.3) is 11.8 Å².